The van der Waals surface area contributed by atoms with Crippen LogP contribution in [0.15, 0.2) is 54.1 Å². The topological polar surface area (TPSA) is 62.1 Å². The Morgan fingerprint density at radius 1 is 1.11 bits per heavy atom. The number of carbonyl (C=O) groups is 1. The molecule has 0 saturated heterocycles. The van der Waals surface area contributed by atoms with Gasteiger partial charge in [0.1, 0.15) is 23.2 Å². The summed E-state index contributed by atoms with van der Waals surface area (Å²) in [6.45, 7) is 2.85. The number of nitriles is 1. The third-order valence-electron chi connectivity index (χ3n) is 3.92. The molecule has 0 aromatic heterocycles. The molecule has 2 rings (SSSR count). The van der Waals surface area contributed by atoms with E-state index >= 15 is 0 Å². The lowest BCUT2D eigenvalue weighted by Crippen LogP contribution is -2.13. The highest BCUT2D eigenvalue weighted by molar-refractivity contribution is 6.09. The quantitative estimate of drug-likeness (QED) is 0.371. The molecule has 4 nitrogen and oxygen atoms in total. The minimum Gasteiger partial charge on any atom is -0.494 e. The number of carbonyl (C=O) groups excluding carboxylic acids is 1. The molecule has 1 N–H and O–H groups in total. The molecule has 0 spiro atoms. The van der Waals surface area contributed by atoms with Gasteiger partial charge in [-0.2, -0.15) is 5.26 Å². The molecule has 0 saturated carbocycles. The predicted molar refractivity (Wildman–Crippen MR) is 105 cm³/mol. The van der Waals surface area contributed by atoms with E-state index in [4.69, 9.17) is 4.74 Å². The van der Waals surface area contributed by atoms with Gasteiger partial charge in [-0.15, -0.1) is 0 Å². The number of unbranched alkanes of at least 4 members (excludes halogenated alkanes) is 3. The van der Waals surface area contributed by atoms with E-state index in [2.05, 4.69) is 12.2 Å². The van der Waals surface area contributed by atoms with Crippen LogP contribution < -0.4 is 10.1 Å². The zero-order valence-electron chi connectivity index (χ0n) is 15.4. The Balaban J connectivity index is 1.95. The monoisotopic (exact) mass is 366 g/mol. The van der Waals surface area contributed by atoms with Crippen LogP contribution in [-0.2, 0) is 4.79 Å². The van der Waals surface area contributed by atoms with E-state index < -0.39 is 11.7 Å². The van der Waals surface area contributed by atoms with Gasteiger partial charge >= 0.3 is 0 Å². The Labute approximate surface area is 159 Å². The Bertz CT molecular complexity index is 806. The van der Waals surface area contributed by atoms with Crippen LogP contribution in [-0.4, -0.2) is 12.5 Å². The molecule has 0 radical (unpaired) electrons. The van der Waals surface area contributed by atoms with Crippen molar-refractivity contribution < 1.29 is 13.9 Å². The normalized spacial score (nSPS) is 10.9. The Hall–Kier alpha value is -3.13. The van der Waals surface area contributed by atoms with E-state index in [0.29, 0.717) is 12.3 Å². The number of benzene rings is 2. The highest BCUT2D eigenvalue weighted by atomic mass is 19.1. The lowest BCUT2D eigenvalue weighted by molar-refractivity contribution is -0.112. The van der Waals surface area contributed by atoms with Crippen molar-refractivity contribution in [3.8, 4) is 11.8 Å². The molecule has 27 heavy (non-hydrogen) atoms. The van der Waals surface area contributed by atoms with Gasteiger partial charge in [-0.3, -0.25) is 4.79 Å². The summed E-state index contributed by atoms with van der Waals surface area (Å²) in [7, 11) is 0. The van der Waals surface area contributed by atoms with Crippen molar-refractivity contribution >= 4 is 17.7 Å². The number of hydrogen-bond donors (Lipinski definition) is 1. The highest BCUT2D eigenvalue weighted by Gasteiger charge is 2.09. The van der Waals surface area contributed by atoms with Crippen molar-refractivity contribution in [2.45, 2.75) is 32.6 Å². The molecule has 0 fully saturated rings. The number of anilines is 1. The van der Waals surface area contributed by atoms with Crippen LogP contribution in [0.2, 0.25) is 0 Å². The second-order valence-electron chi connectivity index (χ2n) is 6.11. The van der Waals surface area contributed by atoms with Gasteiger partial charge < -0.3 is 10.1 Å². The molecular weight excluding hydrogens is 343 g/mol. The third-order valence-corrected chi connectivity index (χ3v) is 3.92. The Morgan fingerprint density at radius 2 is 1.81 bits per heavy atom. The first-order chi connectivity index (χ1) is 13.1. The molecule has 0 aliphatic carbocycles. The van der Waals surface area contributed by atoms with Gasteiger partial charge in [-0.1, -0.05) is 38.3 Å². The largest absolute Gasteiger partial charge is 0.494 e. The average Bonchev–Trinajstić information content (AvgIpc) is 2.68. The fraction of sp³-hybridized carbons (Fsp3) is 0.273. The maximum atomic E-state index is 12.9. The van der Waals surface area contributed by atoms with Crippen LogP contribution in [0.25, 0.3) is 6.08 Å². The zero-order chi connectivity index (χ0) is 19.5. The SMILES string of the molecule is CCCCCCOc1ccc(/C=C(\C#N)C(=O)Nc2ccc(F)cc2)cc1. The fourth-order valence-electron chi connectivity index (χ4n) is 2.43. The van der Waals surface area contributed by atoms with Crippen LogP contribution >= 0.6 is 0 Å². The fourth-order valence-corrected chi connectivity index (χ4v) is 2.43. The van der Waals surface area contributed by atoms with Crippen LogP contribution in [0, 0.1) is 17.1 Å². The summed E-state index contributed by atoms with van der Waals surface area (Å²) in [4.78, 5) is 12.2. The Morgan fingerprint density at radius 3 is 2.44 bits per heavy atom. The number of hydrogen-bond acceptors (Lipinski definition) is 3. The van der Waals surface area contributed by atoms with Crippen molar-refractivity contribution in [1.82, 2.24) is 0 Å². The van der Waals surface area contributed by atoms with E-state index in [-0.39, 0.29) is 5.57 Å². The van der Waals surface area contributed by atoms with Gasteiger partial charge in [0.25, 0.3) is 5.91 Å². The lowest BCUT2D eigenvalue weighted by Gasteiger charge is -2.06. The van der Waals surface area contributed by atoms with E-state index in [1.54, 1.807) is 12.1 Å². The number of nitrogens with zero attached hydrogens (tertiary/aromatic N) is 1. The Kier molecular flexibility index (Phi) is 8.05. The van der Waals surface area contributed by atoms with E-state index in [1.165, 1.54) is 43.2 Å². The second-order valence-corrected chi connectivity index (χ2v) is 6.11. The second kappa shape index (κ2) is 10.8. The predicted octanol–water partition coefficient (Wildman–Crippen LogP) is 5.33. The molecule has 140 valence electrons. The van der Waals surface area contributed by atoms with Crippen LogP contribution in [0.1, 0.15) is 38.2 Å². The molecule has 1 amide bonds. The average molecular weight is 366 g/mol. The summed E-state index contributed by atoms with van der Waals surface area (Å²) < 4.78 is 18.6. The summed E-state index contributed by atoms with van der Waals surface area (Å²) in [5, 5.41) is 11.8. The van der Waals surface area contributed by atoms with Gasteiger partial charge in [0.15, 0.2) is 0 Å². The van der Waals surface area contributed by atoms with E-state index in [1.807, 2.05) is 18.2 Å². The van der Waals surface area contributed by atoms with Crippen LogP contribution in [0.4, 0.5) is 10.1 Å². The van der Waals surface area contributed by atoms with Gasteiger partial charge in [0.2, 0.25) is 0 Å². The first-order valence-electron chi connectivity index (χ1n) is 9.04. The smallest absolute Gasteiger partial charge is 0.266 e. The molecule has 0 aliphatic rings. The number of ether oxygens (including phenoxy) is 1. The summed E-state index contributed by atoms with van der Waals surface area (Å²) in [5.74, 6) is -0.171. The minimum absolute atomic E-state index is 0.0347. The molecule has 0 unspecified atom stereocenters. The first kappa shape index (κ1) is 20.2. The molecular formula is C22H23FN2O2. The van der Waals surface area contributed by atoms with Crippen molar-refractivity contribution in [2.24, 2.45) is 0 Å². The first-order valence-corrected chi connectivity index (χ1v) is 9.04. The summed E-state index contributed by atoms with van der Waals surface area (Å²) in [6, 6.07) is 14.5. The van der Waals surface area contributed by atoms with Crippen molar-refractivity contribution in [1.29, 1.82) is 5.26 Å². The van der Waals surface area contributed by atoms with E-state index in [0.717, 1.165) is 24.2 Å². The molecule has 0 aliphatic heterocycles. The van der Waals surface area contributed by atoms with Crippen LogP contribution in [0.3, 0.4) is 0 Å². The number of nitrogens with one attached hydrogen (secondary N) is 1. The number of rotatable bonds is 9. The summed E-state index contributed by atoms with van der Waals surface area (Å²) in [5.41, 5.74) is 1.11. The number of halogens is 1. The zero-order valence-corrected chi connectivity index (χ0v) is 15.4. The maximum Gasteiger partial charge on any atom is 0.266 e. The molecule has 0 bridgehead atoms. The third kappa shape index (κ3) is 6.95. The standard InChI is InChI=1S/C22H23FN2O2/c1-2-3-4-5-14-27-21-12-6-17(7-13-21)15-18(16-24)22(26)25-20-10-8-19(23)9-11-20/h6-13,15H,2-5,14H2,1H3,(H,25,26)/b18-15+. The van der Waals surface area contributed by atoms with Crippen molar-refractivity contribution in [3.05, 3.63) is 65.5 Å². The molecule has 0 atom stereocenters. The van der Waals surface area contributed by atoms with Gasteiger partial charge in [-0.25, -0.2) is 4.39 Å². The van der Waals surface area contributed by atoms with Crippen molar-refractivity contribution in [2.75, 3.05) is 11.9 Å². The van der Waals surface area contributed by atoms with Gasteiger partial charge in [0, 0.05) is 5.69 Å². The molecule has 0 heterocycles. The molecule has 5 heteroatoms. The summed E-state index contributed by atoms with van der Waals surface area (Å²) in [6.07, 6.45) is 6.09. The maximum absolute atomic E-state index is 12.9. The van der Waals surface area contributed by atoms with Crippen molar-refractivity contribution in [3.63, 3.8) is 0 Å². The van der Waals surface area contributed by atoms with E-state index in [9.17, 15) is 14.4 Å². The minimum atomic E-state index is -0.541. The van der Waals surface area contributed by atoms with Gasteiger partial charge in [-0.05, 0) is 54.5 Å². The summed E-state index contributed by atoms with van der Waals surface area (Å²) >= 11 is 0. The lowest BCUT2D eigenvalue weighted by atomic mass is 10.1. The highest BCUT2D eigenvalue weighted by Crippen LogP contribution is 2.16. The molecule has 2 aromatic carbocycles. The number of amides is 1. The van der Waals surface area contributed by atoms with Crippen LogP contribution in [0.5, 0.6) is 5.75 Å². The van der Waals surface area contributed by atoms with Gasteiger partial charge in [0.05, 0.1) is 6.61 Å². The molecule has 2 aromatic rings.